The fourth-order valence-electron chi connectivity index (χ4n) is 2.82. The monoisotopic (exact) mass is 343 g/mol. The minimum Gasteiger partial charge on any atom is -0.344 e. The molecule has 3 heterocycles. The van der Waals surface area contributed by atoms with E-state index >= 15 is 0 Å². The first-order valence-electron chi connectivity index (χ1n) is 8.33. The Bertz CT molecular complexity index is 1040. The summed E-state index contributed by atoms with van der Waals surface area (Å²) < 4.78 is 1.65. The van der Waals surface area contributed by atoms with Gasteiger partial charge in [-0.05, 0) is 24.6 Å². The lowest BCUT2D eigenvalue weighted by molar-refractivity contribution is 0.0935. The van der Waals surface area contributed by atoms with E-state index in [1.54, 1.807) is 35.4 Å². The summed E-state index contributed by atoms with van der Waals surface area (Å²) in [5, 5.41) is 7.28. The van der Waals surface area contributed by atoms with E-state index in [9.17, 15) is 4.79 Å². The van der Waals surface area contributed by atoms with Crippen LogP contribution in [0.2, 0.25) is 0 Å². The predicted octanol–water partition coefficient (Wildman–Crippen LogP) is 3.28. The summed E-state index contributed by atoms with van der Waals surface area (Å²) in [6.45, 7) is 1.95. The molecule has 26 heavy (non-hydrogen) atoms. The highest BCUT2D eigenvalue weighted by Crippen LogP contribution is 2.22. The fourth-order valence-corrected chi connectivity index (χ4v) is 2.82. The van der Waals surface area contributed by atoms with Crippen LogP contribution in [-0.4, -0.2) is 25.5 Å². The molecule has 0 radical (unpaired) electrons. The van der Waals surface area contributed by atoms with Crippen LogP contribution in [0.4, 0.5) is 0 Å². The molecule has 1 N–H and O–H groups in total. The van der Waals surface area contributed by atoms with E-state index in [1.165, 1.54) is 0 Å². The van der Waals surface area contributed by atoms with E-state index in [4.69, 9.17) is 0 Å². The van der Waals surface area contributed by atoms with Crippen molar-refractivity contribution in [3.05, 3.63) is 84.6 Å². The number of carbonyl (C=O) groups excluding carboxylic acids is 1. The SMILES string of the molecule is C[C@H](NC(=O)c1ccn2ncc(-c3cccnc3)c2n1)c1ccccc1. The third-order valence-electron chi connectivity index (χ3n) is 4.22. The first-order valence-corrected chi connectivity index (χ1v) is 8.33. The second kappa shape index (κ2) is 6.76. The van der Waals surface area contributed by atoms with E-state index in [2.05, 4.69) is 20.4 Å². The predicted molar refractivity (Wildman–Crippen MR) is 98.5 cm³/mol. The molecule has 0 aliphatic heterocycles. The quantitative estimate of drug-likeness (QED) is 0.617. The Kier molecular flexibility index (Phi) is 4.15. The maximum absolute atomic E-state index is 12.6. The van der Waals surface area contributed by atoms with Gasteiger partial charge in [-0.3, -0.25) is 9.78 Å². The number of hydrogen-bond donors (Lipinski definition) is 1. The van der Waals surface area contributed by atoms with Gasteiger partial charge in [0.25, 0.3) is 5.91 Å². The molecule has 3 aromatic heterocycles. The summed E-state index contributed by atoms with van der Waals surface area (Å²) in [6, 6.07) is 15.2. The van der Waals surface area contributed by atoms with Gasteiger partial charge in [-0.2, -0.15) is 5.10 Å². The van der Waals surface area contributed by atoms with Gasteiger partial charge >= 0.3 is 0 Å². The number of rotatable bonds is 4. The minimum atomic E-state index is -0.220. The van der Waals surface area contributed by atoms with Crippen molar-refractivity contribution in [3.63, 3.8) is 0 Å². The van der Waals surface area contributed by atoms with Gasteiger partial charge in [0.2, 0.25) is 0 Å². The fraction of sp³-hybridized carbons (Fsp3) is 0.100. The van der Waals surface area contributed by atoms with Gasteiger partial charge in [0.15, 0.2) is 5.65 Å². The number of carbonyl (C=O) groups is 1. The zero-order valence-corrected chi connectivity index (χ0v) is 14.2. The molecule has 4 aromatic rings. The standard InChI is InChI=1S/C20H17N5O/c1-14(15-6-3-2-4-7-15)23-20(26)18-9-11-25-19(24-18)17(13-22-25)16-8-5-10-21-12-16/h2-14H,1H3,(H,23,26)/t14-/m0/s1. The molecule has 0 fully saturated rings. The minimum absolute atomic E-state index is 0.107. The van der Waals surface area contributed by atoms with Crippen molar-refractivity contribution in [3.8, 4) is 11.1 Å². The molecule has 0 saturated carbocycles. The lowest BCUT2D eigenvalue weighted by Gasteiger charge is -2.14. The molecular formula is C20H17N5O. The molecule has 0 aliphatic carbocycles. The van der Waals surface area contributed by atoms with Crippen LogP contribution >= 0.6 is 0 Å². The summed E-state index contributed by atoms with van der Waals surface area (Å²) in [5.41, 5.74) is 3.76. The van der Waals surface area contributed by atoms with E-state index in [-0.39, 0.29) is 11.9 Å². The van der Waals surface area contributed by atoms with Gasteiger partial charge in [-0.15, -0.1) is 0 Å². The second-order valence-electron chi connectivity index (χ2n) is 5.99. The Balaban J connectivity index is 1.64. The molecular weight excluding hydrogens is 326 g/mol. The van der Waals surface area contributed by atoms with Crippen molar-refractivity contribution in [2.45, 2.75) is 13.0 Å². The van der Waals surface area contributed by atoms with Crippen molar-refractivity contribution in [1.29, 1.82) is 0 Å². The lowest BCUT2D eigenvalue weighted by Crippen LogP contribution is -2.27. The maximum atomic E-state index is 12.6. The Hall–Kier alpha value is -3.54. The highest BCUT2D eigenvalue weighted by atomic mass is 16.1. The van der Waals surface area contributed by atoms with E-state index in [0.29, 0.717) is 11.3 Å². The van der Waals surface area contributed by atoms with E-state index < -0.39 is 0 Å². The van der Waals surface area contributed by atoms with Crippen LogP contribution in [0.5, 0.6) is 0 Å². The third kappa shape index (κ3) is 3.04. The topological polar surface area (TPSA) is 72.2 Å². The van der Waals surface area contributed by atoms with Crippen LogP contribution in [0.25, 0.3) is 16.8 Å². The summed E-state index contributed by atoms with van der Waals surface area (Å²) in [4.78, 5) is 21.3. The highest BCUT2D eigenvalue weighted by Gasteiger charge is 2.15. The maximum Gasteiger partial charge on any atom is 0.270 e. The number of fused-ring (bicyclic) bond motifs is 1. The number of pyridine rings is 1. The molecule has 0 unspecified atom stereocenters. The van der Waals surface area contributed by atoms with Gasteiger partial charge in [-0.25, -0.2) is 9.50 Å². The van der Waals surface area contributed by atoms with Crippen molar-refractivity contribution < 1.29 is 4.79 Å². The Labute approximate surface area is 150 Å². The van der Waals surface area contributed by atoms with Gasteiger partial charge in [0.1, 0.15) is 5.69 Å². The first-order chi connectivity index (χ1) is 12.7. The Morgan fingerprint density at radius 2 is 1.92 bits per heavy atom. The average Bonchev–Trinajstić information content (AvgIpc) is 3.12. The number of hydrogen-bond acceptors (Lipinski definition) is 4. The summed E-state index contributed by atoms with van der Waals surface area (Å²) in [7, 11) is 0. The third-order valence-corrected chi connectivity index (χ3v) is 4.22. The normalized spacial score (nSPS) is 12.0. The van der Waals surface area contributed by atoms with Crippen LogP contribution in [0.1, 0.15) is 29.0 Å². The van der Waals surface area contributed by atoms with Crippen molar-refractivity contribution in [2.75, 3.05) is 0 Å². The molecule has 1 amide bonds. The zero-order valence-electron chi connectivity index (χ0n) is 14.2. The number of benzene rings is 1. The van der Waals surface area contributed by atoms with Crippen molar-refractivity contribution in [1.82, 2.24) is 24.9 Å². The molecule has 6 nitrogen and oxygen atoms in total. The number of amides is 1. The largest absolute Gasteiger partial charge is 0.344 e. The van der Waals surface area contributed by atoms with Crippen LogP contribution < -0.4 is 5.32 Å². The van der Waals surface area contributed by atoms with Crippen LogP contribution in [-0.2, 0) is 0 Å². The molecule has 0 bridgehead atoms. The van der Waals surface area contributed by atoms with Crippen LogP contribution in [0, 0.1) is 0 Å². The second-order valence-corrected chi connectivity index (χ2v) is 5.99. The zero-order chi connectivity index (χ0) is 17.9. The van der Waals surface area contributed by atoms with Gasteiger partial charge in [0, 0.05) is 29.7 Å². The van der Waals surface area contributed by atoms with Crippen molar-refractivity contribution in [2.24, 2.45) is 0 Å². The lowest BCUT2D eigenvalue weighted by atomic mass is 10.1. The number of nitrogens with one attached hydrogen (secondary N) is 1. The van der Waals surface area contributed by atoms with Gasteiger partial charge in [-0.1, -0.05) is 36.4 Å². The molecule has 0 spiro atoms. The average molecular weight is 343 g/mol. The van der Waals surface area contributed by atoms with Gasteiger partial charge in [0.05, 0.1) is 12.2 Å². The first kappa shape index (κ1) is 16.0. The summed E-state index contributed by atoms with van der Waals surface area (Å²) in [5.74, 6) is -0.220. The summed E-state index contributed by atoms with van der Waals surface area (Å²) >= 11 is 0. The molecule has 6 heteroatoms. The number of aromatic nitrogens is 4. The molecule has 0 saturated heterocycles. The number of nitrogens with zero attached hydrogens (tertiary/aromatic N) is 4. The van der Waals surface area contributed by atoms with E-state index in [1.807, 2.05) is 49.4 Å². The van der Waals surface area contributed by atoms with Crippen LogP contribution in [0.15, 0.2) is 73.3 Å². The molecule has 1 atom stereocenters. The highest BCUT2D eigenvalue weighted by molar-refractivity contribution is 5.93. The summed E-state index contributed by atoms with van der Waals surface area (Å²) in [6.07, 6.45) is 6.94. The Morgan fingerprint density at radius 3 is 2.69 bits per heavy atom. The Morgan fingerprint density at radius 1 is 1.08 bits per heavy atom. The molecule has 1 aromatic carbocycles. The smallest absolute Gasteiger partial charge is 0.270 e. The van der Waals surface area contributed by atoms with Gasteiger partial charge < -0.3 is 5.32 Å². The molecule has 0 aliphatic rings. The van der Waals surface area contributed by atoms with Crippen molar-refractivity contribution >= 4 is 11.6 Å². The molecule has 128 valence electrons. The molecule has 4 rings (SSSR count). The van der Waals surface area contributed by atoms with Crippen LogP contribution in [0.3, 0.4) is 0 Å². The van der Waals surface area contributed by atoms with E-state index in [0.717, 1.165) is 16.7 Å².